The Bertz CT molecular complexity index is 860. The molecule has 0 saturated heterocycles. The molecule has 3 aromatic rings. The van der Waals surface area contributed by atoms with Gasteiger partial charge >= 0.3 is 5.97 Å². The molecule has 3 nitrogen and oxygen atoms in total. The molecule has 0 fully saturated rings. The first-order valence-corrected chi connectivity index (χ1v) is 7.40. The molecule has 0 aliphatic heterocycles. The summed E-state index contributed by atoms with van der Waals surface area (Å²) in [5, 5.41) is 10.5. The number of aryl methyl sites for hydroxylation is 1. The highest BCUT2D eigenvalue weighted by atomic mass is 35.5. The molecule has 4 heteroatoms. The molecule has 3 rings (SSSR count). The van der Waals surface area contributed by atoms with Crippen LogP contribution in [0.15, 0.2) is 48.5 Å². The van der Waals surface area contributed by atoms with E-state index in [9.17, 15) is 9.90 Å². The Kier molecular flexibility index (Phi) is 3.82. The van der Waals surface area contributed by atoms with Crippen LogP contribution in [0.4, 0.5) is 0 Å². The van der Waals surface area contributed by atoms with Crippen LogP contribution in [0.5, 0.6) is 0 Å². The number of benzene rings is 2. The molecule has 2 aromatic carbocycles. The zero-order chi connectivity index (χ0) is 15.7. The Hall–Kier alpha value is -2.39. The highest BCUT2D eigenvalue weighted by Crippen LogP contribution is 2.34. The summed E-state index contributed by atoms with van der Waals surface area (Å²) in [5.74, 6) is -1.07. The number of carboxylic acids is 1. The van der Waals surface area contributed by atoms with Gasteiger partial charge in [0, 0.05) is 10.9 Å². The molecule has 1 heterocycles. The third-order valence-electron chi connectivity index (χ3n) is 3.66. The number of halogens is 1. The number of hydrogen-bond donors (Lipinski definition) is 1. The summed E-state index contributed by atoms with van der Waals surface area (Å²) < 4.78 is 0. The van der Waals surface area contributed by atoms with Gasteiger partial charge in [-0.2, -0.15) is 0 Å². The zero-order valence-corrected chi connectivity index (χ0v) is 12.8. The monoisotopic (exact) mass is 311 g/mol. The number of rotatable bonds is 3. The van der Waals surface area contributed by atoms with Crippen LogP contribution in [0.25, 0.3) is 22.2 Å². The first-order chi connectivity index (χ1) is 10.6. The van der Waals surface area contributed by atoms with Gasteiger partial charge in [0.15, 0.2) is 0 Å². The van der Waals surface area contributed by atoms with Crippen LogP contribution in [0.1, 0.15) is 22.8 Å². The van der Waals surface area contributed by atoms with Crippen molar-refractivity contribution in [1.82, 2.24) is 4.98 Å². The van der Waals surface area contributed by atoms with Crippen LogP contribution in [0.3, 0.4) is 0 Å². The molecule has 0 aliphatic carbocycles. The number of nitrogens with zero attached hydrogens (tertiary/aromatic N) is 1. The minimum atomic E-state index is -1.07. The maximum absolute atomic E-state index is 11.7. The number of carbonyl (C=O) groups is 1. The number of pyridine rings is 1. The first kappa shape index (κ1) is 14.5. The standard InChI is InChI=1S/C18H14ClNO2/c1-2-11-8-9-14-13(10-11)16(19)15(18(21)22)17(20-14)12-6-4-3-5-7-12/h3-10H,2H2,1H3,(H,21,22). The number of carboxylic acid groups (broad SMARTS) is 1. The van der Waals surface area contributed by atoms with Crippen LogP contribution < -0.4 is 0 Å². The molecule has 1 N–H and O–H groups in total. The Morgan fingerprint density at radius 2 is 1.91 bits per heavy atom. The minimum Gasteiger partial charge on any atom is -0.478 e. The van der Waals surface area contributed by atoms with Crippen LogP contribution >= 0.6 is 11.6 Å². The van der Waals surface area contributed by atoms with Crippen molar-refractivity contribution in [2.45, 2.75) is 13.3 Å². The van der Waals surface area contributed by atoms with E-state index in [1.54, 1.807) is 0 Å². The maximum Gasteiger partial charge on any atom is 0.339 e. The number of aromatic carboxylic acids is 1. The molecular weight excluding hydrogens is 298 g/mol. The lowest BCUT2D eigenvalue weighted by Crippen LogP contribution is -2.04. The molecule has 0 unspecified atom stereocenters. The van der Waals surface area contributed by atoms with Crippen molar-refractivity contribution in [3.05, 3.63) is 64.7 Å². The van der Waals surface area contributed by atoms with Gasteiger partial charge in [-0.3, -0.25) is 0 Å². The third-order valence-corrected chi connectivity index (χ3v) is 4.05. The highest BCUT2D eigenvalue weighted by Gasteiger charge is 2.20. The summed E-state index contributed by atoms with van der Waals surface area (Å²) in [7, 11) is 0. The van der Waals surface area contributed by atoms with Gasteiger partial charge in [0.05, 0.1) is 16.2 Å². The summed E-state index contributed by atoms with van der Waals surface area (Å²) in [4.78, 5) is 16.2. The van der Waals surface area contributed by atoms with Gasteiger partial charge in [0.25, 0.3) is 0 Å². The quantitative estimate of drug-likeness (QED) is 0.754. The number of fused-ring (bicyclic) bond motifs is 1. The lowest BCUT2D eigenvalue weighted by atomic mass is 10.0. The summed E-state index contributed by atoms with van der Waals surface area (Å²) in [6.45, 7) is 2.04. The highest BCUT2D eigenvalue weighted by molar-refractivity contribution is 6.39. The lowest BCUT2D eigenvalue weighted by Gasteiger charge is -2.11. The van der Waals surface area contributed by atoms with E-state index in [1.165, 1.54) is 0 Å². The van der Waals surface area contributed by atoms with E-state index in [2.05, 4.69) is 4.98 Å². The largest absolute Gasteiger partial charge is 0.478 e. The minimum absolute atomic E-state index is 0.0496. The average Bonchev–Trinajstić information content (AvgIpc) is 2.54. The van der Waals surface area contributed by atoms with Crippen LogP contribution in [0.2, 0.25) is 5.02 Å². The molecule has 0 amide bonds. The topological polar surface area (TPSA) is 50.2 Å². The third kappa shape index (κ3) is 2.44. The summed E-state index contributed by atoms with van der Waals surface area (Å²) in [6.07, 6.45) is 0.856. The van der Waals surface area contributed by atoms with E-state index < -0.39 is 5.97 Å². The van der Waals surface area contributed by atoms with E-state index in [0.29, 0.717) is 16.6 Å². The normalized spacial score (nSPS) is 10.8. The van der Waals surface area contributed by atoms with Crippen molar-refractivity contribution in [2.24, 2.45) is 0 Å². The summed E-state index contributed by atoms with van der Waals surface area (Å²) in [5.41, 5.74) is 2.98. The SMILES string of the molecule is CCc1ccc2nc(-c3ccccc3)c(C(=O)O)c(Cl)c2c1. The van der Waals surface area contributed by atoms with Gasteiger partial charge < -0.3 is 5.11 Å². The van der Waals surface area contributed by atoms with Gasteiger partial charge in [-0.05, 0) is 24.1 Å². The van der Waals surface area contributed by atoms with E-state index in [-0.39, 0.29) is 10.6 Å². The predicted molar refractivity (Wildman–Crippen MR) is 88.5 cm³/mol. The smallest absolute Gasteiger partial charge is 0.339 e. The first-order valence-electron chi connectivity index (χ1n) is 7.02. The molecule has 22 heavy (non-hydrogen) atoms. The fraction of sp³-hybridized carbons (Fsp3) is 0.111. The Balaban J connectivity index is 2.37. The molecule has 0 bridgehead atoms. The van der Waals surface area contributed by atoms with Crippen molar-refractivity contribution in [3.8, 4) is 11.3 Å². The van der Waals surface area contributed by atoms with Crippen LogP contribution in [-0.2, 0) is 6.42 Å². The van der Waals surface area contributed by atoms with Crippen molar-refractivity contribution in [2.75, 3.05) is 0 Å². The van der Waals surface area contributed by atoms with Crippen molar-refractivity contribution < 1.29 is 9.90 Å². The fourth-order valence-corrected chi connectivity index (χ4v) is 2.81. The summed E-state index contributed by atoms with van der Waals surface area (Å²) >= 11 is 6.40. The molecule has 110 valence electrons. The molecule has 0 atom stereocenters. The predicted octanol–water partition coefficient (Wildman–Crippen LogP) is 4.82. The van der Waals surface area contributed by atoms with Crippen molar-refractivity contribution in [3.63, 3.8) is 0 Å². The van der Waals surface area contributed by atoms with Gasteiger partial charge in [-0.25, -0.2) is 9.78 Å². The van der Waals surface area contributed by atoms with Crippen LogP contribution in [0, 0.1) is 0 Å². The zero-order valence-electron chi connectivity index (χ0n) is 12.0. The second-order valence-corrected chi connectivity index (χ2v) is 5.40. The van der Waals surface area contributed by atoms with Gasteiger partial charge in [-0.15, -0.1) is 0 Å². The van der Waals surface area contributed by atoms with Gasteiger partial charge in [0.2, 0.25) is 0 Å². The second-order valence-electron chi connectivity index (χ2n) is 5.03. The van der Waals surface area contributed by atoms with E-state index >= 15 is 0 Å². The van der Waals surface area contributed by atoms with Gasteiger partial charge in [0.1, 0.15) is 5.56 Å². The Labute approximate surface area is 133 Å². The fourth-order valence-electron chi connectivity index (χ4n) is 2.49. The van der Waals surface area contributed by atoms with E-state index in [0.717, 1.165) is 17.5 Å². The number of hydrogen-bond acceptors (Lipinski definition) is 2. The molecule has 0 saturated carbocycles. The Morgan fingerprint density at radius 1 is 1.18 bits per heavy atom. The Morgan fingerprint density at radius 3 is 2.55 bits per heavy atom. The lowest BCUT2D eigenvalue weighted by molar-refractivity contribution is 0.0698. The second kappa shape index (κ2) is 5.78. The average molecular weight is 312 g/mol. The van der Waals surface area contributed by atoms with E-state index in [4.69, 9.17) is 11.6 Å². The van der Waals surface area contributed by atoms with Crippen molar-refractivity contribution >= 4 is 28.5 Å². The molecule has 0 aliphatic rings. The molecule has 1 aromatic heterocycles. The van der Waals surface area contributed by atoms with Crippen LogP contribution in [-0.4, -0.2) is 16.1 Å². The van der Waals surface area contributed by atoms with E-state index in [1.807, 2.05) is 55.5 Å². The molecule has 0 radical (unpaired) electrons. The van der Waals surface area contributed by atoms with Crippen molar-refractivity contribution in [1.29, 1.82) is 0 Å². The molecular formula is C18H14ClNO2. The molecule has 0 spiro atoms. The summed E-state index contributed by atoms with van der Waals surface area (Å²) in [6, 6.07) is 15.0. The van der Waals surface area contributed by atoms with Gasteiger partial charge in [-0.1, -0.05) is 54.9 Å². The number of aromatic nitrogens is 1. The maximum atomic E-state index is 11.7.